The molecule has 0 aromatic heterocycles. The molecule has 1 unspecified atom stereocenters. The minimum absolute atomic E-state index is 0.348. The second kappa shape index (κ2) is 6.93. The van der Waals surface area contributed by atoms with Crippen molar-refractivity contribution in [1.29, 1.82) is 0 Å². The maximum absolute atomic E-state index is 11.6. The summed E-state index contributed by atoms with van der Waals surface area (Å²) >= 11 is 0. The normalized spacial score (nSPS) is 20.3. The van der Waals surface area contributed by atoms with Crippen molar-refractivity contribution in [3.05, 3.63) is 53.6 Å². The number of rotatable bonds is 4. The molecule has 6 heteroatoms. The molecule has 1 saturated heterocycles. The molecule has 0 aliphatic carbocycles. The fraction of sp³-hybridized carbons (Fsp3) is 0.400. The molecule has 5 nitrogen and oxygen atoms in total. The molecule has 0 amide bonds. The molecule has 1 atom stereocenters. The lowest BCUT2D eigenvalue weighted by molar-refractivity contribution is 0.170. The zero-order valence-corrected chi connectivity index (χ0v) is 15.7. The molecule has 2 aromatic carbocycles. The van der Waals surface area contributed by atoms with Gasteiger partial charge < -0.3 is 9.47 Å². The minimum Gasteiger partial charge on any atom is -0.486 e. The van der Waals surface area contributed by atoms with Crippen molar-refractivity contribution in [1.82, 2.24) is 4.90 Å². The van der Waals surface area contributed by atoms with E-state index in [1.54, 1.807) is 12.1 Å². The SMILES string of the molecule is CS(=O)(=O)c1ccc(CN2CCCC2c2ccc3c(c2)OCCO3)cc1. The number of hydrogen-bond donors (Lipinski definition) is 0. The third kappa shape index (κ3) is 3.57. The number of ether oxygens (including phenoxy) is 2. The number of sulfone groups is 1. The van der Waals surface area contributed by atoms with Crippen LogP contribution < -0.4 is 9.47 Å². The molecule has 1 fully saturated rings. The molecule has 2 aliphatic rings. The highest BCUT2D eigenvalue weighted by molar-refractivity contribution is 7.90. The molecule has 2 aliphatic heterocycles. The van der Waals surface area contributed by atoms with E-state index in [1.807, 2.05) is 18.2 Å². The Morgan fingerprint density at radius 1 is 1.04 bits per heavy atom. The van der Waals surface area contributed by atoms with Gasteiger partial charge in [-0.1, -0.05) is 18.2 Å². The fourth-order valence-corrected chi connectivity index (χ4v) is 4.37. The first-order chi connectivity index (χ1) is 12.5. The first-order valence-corrected chi connectivity index (χ1v) is 10.8. The van der Waals surface area contributed by atoms with Crippen LogP contribution in [0.4, 0.5) is 0 Å². The monoisotopic (exact) mass is 373 g/mol. The van der Waals surface area contributed by atoms with E-state index < -0.39 is 9.84 Å². The highest BCUT2D eigenvalue weighted by Crippen LogP contribution is 2.38. The summed E-state index contributed by atoms with van der Waals surface area (Å²) in [6, 6.07) is 13.8. The maximum atomic E-state index is 11.6. The third-order valence-corrected chi connectivity index (χ3v) is 6.18. The van der Waals surface area contributed by atoms with E-state index in [-0.39, 0.29) is 0 Å². The van der Waals surface area contributed by atoms with Gasteiger partial charge >= 0.3 is 0 Å². The highest BCUT2D eigenvalue weighted by atomic mass is 32.2. The summed E-state index contributed by atoms with van der Waals surface area (Å²) < 4.78 is 34.6. The van der Waals surface area contributed by atoms with Crippen LogP contribution in [0.25, 0.3) is 0 Å². The fourth-order valence-electron chi connectivity index (χ4n) is 3.74. The van der Waals surface area contributed by atoms with Crippen LogP contribution in [-0.2, 0) is 16.4 Å². The Morgan fingerprint density at radius 2 is 1.77 bits per heavy atom. The van der Waals surface area contributed by atoms with Crippen molar-refractivity contribution in [2.75, 3.05) is 26.0 Å². The molecule has 0 spiro atoms. The smallest absolute Gasteiger partial charge is 0.175 e. The Labute approximate surface area is 154 Å². The molecule has 26 heavy (non-hydrogen) atoms. The largest absolute Gasteiger partial charge is 0.486 e. The molecule has 0 radical (unpaired) electrons. The third-order valence-electron chi connectivity index (χ3n) is 5.05. The van der Waals surface area contributed by atoms with Crippen molar-refractivity contribution in [3.63, 3.8) is 0 Å². The molecule has 0 N–H and O–H groups in total. The van der Waals surface area contributed by atoms with Gasteiger partial charge in [-0.15, -0.1) is 0 Å². The van der Waals surface area contributed by atoms with Crippen LogP contribution in [0, 0.1) is 0 Å². The predicted molar refractivity (Wildman–Crippen MR) is 99.4 cm³/mol. The van der Waals surface area contributed by atoms with E-state index in [1.165, 1.54) is 11.8 Å². The zero-order chi connectivity index (χ0) is 18.1. The topological polar surface area (TPSA) is 55.8 Å². The lowest BCUT2D eigenvalue weighted by Gasteiger charge is -2.26. The first-order valence-electron chi connectivity index (χ1n) is 8.93. The van der Waals surface area contributed by atoms with Gasteiger partial charge in [-0.3, -0.25) is 4.90 Å². The molecule has 0 bridgehead atoms. The van der Waals surface area contributed by atoms with Crippen LogP contribution >= 0.6 is 0 Å². The average Bonchev–Trinajstić information content (AvgIpc) is 3.09. The molecular formula is C20H23NO4S. The van der Waals surface area contributed by atoms with Crippen LogP contribution in [0.3, 0.4) is 0 Å². The van der Waals surface area contributed by atoms with E-state index in [0.29, 0.717) is 24.2 Å². The Balaban J connectivity index is 1.52. The van der Waals surface area contributed by atoms with Crippen molar-refractivity contribution in [2.45, 2.75) is 30.3 Å². The maximum Gasteiger partial charge on any atom is 0.175 e. The standard InChI is InChI=1S/C20H23NO4S/c1-26(22,23)17-7-4-15(5-8-17)14-21-10-2-3-18(21)16-6-9-19-20(13-16)25-12-11-24-19/h4-9,13,18H,2-3,10-12,14H2,1H3. The van der Waals surface area contributed by atoms with Crippen LogP contribution in [0.15, 0.2) is 47.4 Å². The molecule has 2 heterocycles. The van der Waals surface area contributed by atoms with Crippen LogP contribution in [0.1, 0.15) is 30.0 Å². The predicted octanol–water partition coefficient (Wildman–Crippen LogP) is 3.20. The molecule has 4 rings (SSSR count). The van der Waals surface area contributed by atoms with Gasteiger partial charge in [0.15, 0.2) is 21.3 Å². The summed E-state index contributed by atoms with van der Waals surface area (Å²) in [6.07, 6.45) is 3.50. The van der Waals surface area contributed by atoms with Gasteiger partial charge in [-0.25, -0.2) is 8.42 Å². The van der Waals surface area contributed by atoms with Crippen LogP contribution in [-0.4, -0.2) is 39.3 Å². The highest BCUT2D eigenvalue weighted by Gasteiger charge is 2.27. The van der Waals surface area contributed by atoms with Gasteiger partial charge in [0.25, 0.3) is 0 Å². The number of benzene rings is 2. The summed E-state index contributed by atoms with van der Waals surface area (Å²) in [5.74, 6) is 1.65. The van der Waals surface area contributed by atoms with Gasteiger partial charge in [0, 0.05) is 18.8 Å². The molecule has 0 saturated carbocycles. The summed E-state index contributed by atoms with van der Waals surface area (Å²) in [4.78, 5) is 2.81. The lowest BCUT2D eigenvalue weighted by atomic mass is 10.0. The zero-order valence-electron chi connectivity index (χ0n) is 14.8. The Bertz CT molecular complexity index is 893. The van der Waals surface area contributed by atoms with Gasteiger partial charge in [0.2, 0.25) is 0 Å². The summed E-state index contributed by atoms with van der Waals surface area (Å²) in [7, 11) is -3.15. The van der Waals surface area contributed by atoms with E-state index >= 15 is 0 Å². The van der Waals surface area contributed by atoms with Gasteiger partial charge in [0.1, 0.15) is 13.2 Å². The average molecular weight is 373 g/mol. The number of hydrogen-bond acceptors (Lipinski definition) is 5. The van der Waals surface area contributed by atoms with Crippen molar-refractivity contribution >= 4 is 9.84 Å². The molecular weight excluding hydrogens is 350 g/mol. The van der Waals surface area contributed by atoms with E-state index in [4.69, 9.17) is 9.47 Å². The summed E-state index contributed by atoms with van der Waals surface area (Å²) in [6.45, 7) is 3.04. The Hall–Kier alpha value is -2.05. The Kier molecular flexibility index (Phi) is 4.63. The van der Waals surface area contributed by atoms with E-state index in [9.17, 15) is 8.42 Å². The second-order valence-corrected chi connectivity index (χ2v) is 8.96. The molecule has 2 aromatic rings. The lowest BCUT2D eigenvalue weighted by Crippen LogP contribution is -2.23. The number of likely N-dealkylation sites (tertiary alicyclic amines) is 1. The number of nitrogens with zero attached hydrogens (tertiary/aromatic N) is 1. The van der Waals surface area contributed by atoms with Crippen LogP contribution in [0.2, 0.25) is 0 Å². The van der Waals surface area contributed by atoms with Crippen LogP contribution in [0.5, 0.6) is 11.5 Å². The quantitative estimate of drug-likeness (QED) is 0.824. The summed E-state index contributed by atoms with van der Waals surface area (Å²) in [5.41, 5.74) is 2.38. The van der Waals surface area contributed by atoms with Crippen molar-refractivity contribution < 1.29 is 17.9 Å². The number of fused-ring (bicyclic) bond motifs is 1. The first kappa shape index (κ1) is 17.4. The molecule has 138 valence electrons. The van der Waals surface area contributed by atoms with Gasteiger partial charge in [0.05, 0.1) is 4.90 Å². The second-order valence-electron chi connectivity index (χ2n) is 6.95. The van der Waals surface area contributed by atoms with E-state index in [0.717, 1.165) is 43.0 Å². The van der Waals surface area contributed by atoms with Crippen molar-refractivity contribution in [3.8, 4) is 11.5 Å². The van der Waals surface area contributed by atoms with Crippen molar-refractivity contribution in [2.24, 2.45) is 0 Å². The Morgan fingerprint density at radius 3 is 2.50 bits per heavy atom. The minimum atomic E-state index is -3.15. The van der Waals surface area contributed by atoms with Gasteiger partial charge in [-0.2, -0.15) is 0 Å². The summed E-state index contributed by atoms with van der Waals surface area (Å²) in [5, 5.41) is 0. The van der Waals surface area contributed by atoms with E-state index in [2.05, 4.69) is 17.0 Å². The van der Waals surface area contributed by atoms with Gasteiger partial charge in [-0.05, 0) is 54.8 Å².